The molecule has 1 saturated carbocycles. The van der Waals surface area contributed by atoms with E-state index in [4.69, 9.17) is 0 Å². The van der Waals surface area contributed by atoms with E-state index in [1.165, 1.54) is 24.1 Å². The van der Waals surface area contributed by atoms with Crippen LogP contribution < -0.4 is 5.32 Å². The first-order valence-corrected chi connectivity index (χ1v) is 10.6. The monoisotopic (exact) mass is 389 g/mol. The highest BCUT2D eigenvalue weighted by atomic mass is 16.2. The van der Waals surface area contributed by atoms with Gasteiger partial charge in [0.2, 0.25) is 5.91 Å². The van der Waals surface area contributed by atoms with Gasteiger partial charge in [-0.05, 0) is 30.5 Å². The average Bonchev–Trinajstić information content (AvgIpc) is 3.49. The quantitative estimate of drug-likeness (QED) is 0.721. The second kappa shape index (κ2) is 7.87. The number of anilines is 1. The van der Waals surface area contributed by atoms with Crippen LogP contribution in [0.15, 0.2) is 60.9 Å². The Balaban J connectivity index is 1.34. The molecule has 5 rings (SSSR count). The van der Waals surface area contributed by atoms with Gasteiger partial charge in [0.05, 0.1) is 24.8 Å². The van der Waals surface area contributed by atoms with Gasteiger partial charge in [0.1, 0.15) is 5.82 Å². The van der Waals surface area contributed by atoms with Crippen LogP contribution in [0.4, 0.5) is 5.82 Å². The molecule has 150 valence electrons. The lowest BCUT2D eigenvalue weighted by Gasteiger charge is -2.36. The first kappa shape index (κ1) is 18.2. The number of fused-ring (bicyclic) bond motifs is 1. The third-order valence-electron chi connectivity index (χ3n) is 6.21. The van der Waals surface area contributed by atoms with Crippen molar-refractivity contribution in [3.05, 3.63) is 72.2 Å². The summed E-state index contributed by atoms with van der Waals surface area (Å²) < 4.78 is 4.29. The van der Waals surface area contributed by atoms with Gasteiger partial charge in [-0.2, -0.15) is 5.10 Å². The molecule has 1 atom stereocenters. The molecule has 2 aromatic heterocycles. The minimum absolute atomic E-state index is 0.0192. The fraction of sp³-hybridized carbons (Fsp3) is 0.391. The van der Waals surface area contributed by atoms with Gasteiger partial charge < -0.3 is 9.88 Å². The molecule has 6 heteroatoms. The Morgan fingerprint density at radius 1 is 1.03 bits per heavy atom. The lowest BCUT2D eigenvalue weighted by molar-refractivity contribution is -0.118. The Labute approximate surface area is 171 Å². The van der Waals surface area contributed by atoms with Gasteiger partial charge in [-0.3, -0.25) is 9.69 Å². The number of benzene rings is 1. The number of hydrogen-bond acceptors (Lipinski definition) is 3. The summed E-state index contributed by atoms with van der Waals surface area (Å²) in [4.78, 5) is 15.2. The molecule has 2 aliphatic rings. The van der Waals surface area contributed by atoms with Crippen molar-refractivity contribution in [1.82, 2.24) is 19.2 Å². The van der Waals surface area contributed by atoms with Crippen molar-refractivity contribution in [3.63, 3.8) is 0 Å². The van der Waals surface area contributed by atoms with Crippen LogP contribution in [0.3, 0.4) is 0 Å². The van der Waals surface area contributed by atoms with Crippen LogP contribution >= 0.6 is 0 Å². The largest absolute Gasteiger partial charge is 0.348 e. The van der Waals surface area contributed by atoms with E-state index < -0.39 is 0 Å². The van der Waals surface area contributed by atoms with Gasteiger partial charge in [0.15, 0.2) is 0 Å². The minimum Gasteiger partial charge on any atom is -0.348 e. The molecule has 1 N–H and O–H groups in total. The highest BCUT2D eigenvalue weighted by molar-refractivity contribution is 5.91. The maximum absolute atomic E-state index is 13.0. The average molecular weight is 390 g/mol. The van der Waals surface area contributed by atoms with Crippen molar-refractivity contribution in [3.8, 4) is 0 Å². The topological polar surface area (TPSA) is 55.1 Å². The number of hydrogen-bond donors (Lipinski definition) is 1. The predicted molar refractivity (Wildman–Crippen MR) is 113 cm³/mol. The van der Waals surface area contributed by atoms with Crippen LogP contribution in [-0.2, 0) is 11.3 Å². The van der Waals surface area contributed by atoms with Crippen LogP contribution in [0, 0.1) is 0 Å². The number of carbonyl (C=O) groups is 1. The van der Waals surface area contributed by atoms with Gasteiger partial charge in [-0.1, -0.05) is 43.2 Å². The van der Waals surface area contributed by atoms with E-state index in [0.717, 1.165) is 31.7 Å². The van der Waals surface area contributed by atoms with Gasteiger partial charge >= 0.3 is 0 Å². The SMILES string of the molecule is O=C(CN1CCn2cccc2C1c1ccccc1)Nc1ccnn1C1CCCC1. The summed E-state index contributed by atoms with van der Waals surface area (Å²) in [5, 5.41) is 7.59. The number of amides is 1. The van der Waals surface area contributed by atoms with Crippen molar-refractivity contribution < 1.29 is 4.79 Å². The summed E-state index contributed by atoms with van der Waals surface area (Å²) in [6.07, 6.45) is 8.68. The van der Waals surface area contributed by atoms with Crippen LogP contribution in [0.2, 0.25) is 0 Å². The summed E-state index contributed by atoms with van der Waals surface area (Å²) in [6, 6.07) is 17.1. The molecule has 1 fully saturated rings. The molecule has 1 aliphatic heterocycles. The first-order chi connectivity index (χ1) is 14.3. The summed E-state index contributed by atoms with van der Waals surface area (Å²) in [7, 11) is 0. The number of rotatable bonds is 5. The van der Waals surface area contributed by atoms with Crippen molar-refractivity contribution in [2.24, 2.45) is 0 Å². The Hall–Kier alpha value is -2.86. The summed E-state index contributed by atoms with van der Waals surface area (Å²) >= 11 is 0. The van der Waals surface area contributed by atoms with E-state index in [-0.39, 0.29) is 11.9 Å². The summed E-state index contributed by atoms with van der Waals surface area (Å²) in [5.74, 6) is 0.837. The lowest BCUT2D eigenvalue weighted by atomic mass is 10.00. The van der Waals surface area contributed by atoms with E-state index in [1.54, 1.807) is 6.20 Å². The Morgan fingerprint density at radius 2 is 1.86 bits per heavy atom. The smallest absolute Gasteiger partial charge is 0.239 e. The van der Waals surface area contributed by atoms with E-state index in [2.05, 4.69) is 62.5 Å². The zero-order valence-electron chi connectivity index (χ0n) is 16.6. The predicted octanol–water partition coefficient (Wildman–Crippen LogP) is 3.84. The maximum atomic E-state index is 13.0. The van der Waals surface area contributed by atoms with Crippen molar-refractivity contribution in [2.75, 3.05) is 18.4 Å². The number of nitrogens with one attached hydrogen (secondary N) is 1. The van der Waals surface area contributed by atoms with Crippen molar-refractivity contribution in [1.29, 1.82) is 0 Å². The second-order valence-corrected chi connectivity index (χ2v) is 8.06. The molecule has 1 aromatic carbocycles. The molecule has 0 spiro atoms. The van der Waals surface area contributed by atoms with Gasteiger partial charge in [-0.25, -0.2) is 4.68 Å². The van der Waals surface area contributed by atoms with Crippen LogP contribution in [-0.4, -0.2) is 38.2 Å². The molecule has 0 bridgehead atoms. The zero-order chi connectivity index (χ0) is 19.6. The number of aromatic nitrogens is 3. The molecule has 1 aliphatic carbocycles. The Bertz CT molecular complexity index is 970. The zero-order valence-corrected chi connectivity index (χ0v) is 16.6. The van der Waals surface area contributed by atoms with E-state index >= 15 is 0 Å². The second-order valence-electron chi connectivity index (χ2n) is 8.06. The summed E-state index contributed by atoms with van der Waals surface area (Å²) in [6.45, 7) is 2.11. The van der Waals surface area contributed by atoms with E-state index in [1.807, 2.05) is 16.8 Å². The van der Waals surface area contributed by atoms with Gasteiger partial charge in [-0.15, -0.1) is 0 Å². The molecule has 3 aromatic rings. The molecular formula is C23H27N5O. The fourth-order valence-electron chi connectivity index (χ4n) is 4.84. The Kier molecular flexibility index (Phi) is 4.94. The Morgan fingerprint density at radius 3 is 2.69 bits per heavy atom. The molecule has 3 heterocycles. The fourth-order valence-corrected chi connectivity index (χ4v) is 4.84. The van der Waals surface area contributed by atoms with Crippen molar-refractivity contribution in [2.45, 2.75) is 44.3 Å². The maximum Gasteiger partial charge on any atom is 0.239 e. The molecular weight excluding hydrogens is 362 g/mol. The van der Waals surface area contributed by atoms with E-state index in [0.29, 0.717) is 12.6 Å². The minimum atomic E-state index is 0.0192. The molecule has 0 radical (unpaired) electrons. The molecule has 0 saturated heterocycles. The molecule has 1 amide bonds. The van der Waals surface area contributed by atoms with Gasteiger partial charge in [0, 0.05) is 31.0 Å². The molecule has 1 unspecified atom stereocenters. The highest BCUT2D eigenvalue weighted by Crippen LogP contribution is 2.33. The lowest BCUT2D eigenvalue weighted by Crippen LogP contribution is -2.42. The third kappa shape index (κ3) is 3.60. The molecule has 6 nitrogen and oxygen atoms in total. The summed E-state index contributed by atoms with van der Waals surface area (Å²) in [5.41, 5.74) is 2.46. The first-order valence-electron chi connectivity index (χ1n) is 10.6. The van der Waals surface area contributed by atoms with Crippen molar-refractivity contribution >= 4 is 11.7 Å². The normalized spacial score (nSPS) is 19.9. The number of carbonyl (C=O) groups excluding carboxylic acids is 1. The highest BCUT2D eigenvalue weighted by Gasteiger charge is 2.30. The number of nitrogens with zero attached hydrogens (tertiary/aromatic N) is 4. The van der Waals surface area contributed by atoms with Gasteiger partial charge in [0.25, 0.3) is 0 Å². The third-order valence-corrected chi connectivity index (χ3v) is 6.21. The van der Waals surface area contributed by atoms with E-state index in [9.17, 15) is 4.79 Å². The van der Waals surface area contributed by atoms with Crippen LogP contribution in [0.1, 0.15) is 49.0 Å². The van der Waals surface area contributed by atoms with Crippen LogP contribution in [0.25, 0.3) is 0 Å². The standard InChI is InChI=1S/C23H27N5O/c29-22(25-21-12-13-24-28(21)19-9-4-5-10-19)17-27-16-15-26-14-6-11-20(26)23(27)18-7-2-1-3-8-18/h1-3,6-8,11-14,19,23H,4-5,9-10,15-17H2,(H,25,29). The van der Waals surface area contributed by atoms with Crippen LogP contribution in [0.5, 0.6) is 0 Å². The molecule has 29 heavy (non-hydrogen) atoms.